The molecule has 17 heavy (non-hydrogen) atoms. The number of hydrogen-bond acceptors (Lipinski definition) is 0. The zero-order chi connectivity index (χ0) is 12.3. The average molecular weight is 251 g/mol. The van der Waals surface area contributed by atoms with E-state index in [1.807, 2.05) is 0 Å². The molecule has 0 N–H and O–H groups in total. The van der Waals surface area contributed by atoms with Gasteiger partial charge in [-0.3, -0.25) is 0 Å². The molecule has 0 amide bonds. The van der Waals surface area contributed by atoms with Crippen molar-refractivity contribution in [2.45, 2.75) is 76.5 Å². The van der Waals surface area contributed by atoms with Crippen LogP contribution in [0.1, 0.15) is 52.9 Å². The molecule has 0 aromatic rings. The van der Waals surface area contributed by atoms with E-state index < -0.39 is 8.07 Å². The van der Waals surface area contributed by atoms with Crippen molar-refractivity contribution >= 4 is 8.07 Å². The van der Waals surface area contributed by atoms with Crippen LogP contribution in [0.2, 0.25) is 23.7 Å². The van der Waals surface area contributed by atoms with Gasteiger partial charge in [-0.25, -0.2) is 0 Å². The summed E-state index contributed by atoms with van der Waals surface area (Å²) in [5.74, 6) is 1.97. The van der Waals surface area contributed by atoms with E-state index in [2.05, 4.69) is 32.9 Å². The molecule has 1 saturated carbocycles. The fraction of sp³-hybridized carbons (Fsp3) is 0.875. The van der Waals surface area contributed by atoms with Gasteiger partial charge in [-0.05, 0) is 30.2 Å². The lowest BCUT2D eigenvalue weighted by Crippen LogP contribution is -2.41. The highest BCUT2D eigenvalue weighted by Crippen LogP contribution is 2.55. The van der Waals surface area contributed by atoms with Gasteiger partial charge in [-0.1, -0.05) is 70.3 Å². The van der Waals surface area contributed by atoms with Crippen LogP contribution in [0.25, 0.3) is 0 Å². The van der Waals surface area contributed by atoms with Crippen molar-refractivity contribution in [1.82, 2.24) is 0 Å². The molecular formula is C16H30Si. The van der Waals surface area contributed by atoms with Crippen molar-refractivity contribution < 1.29 is 0 Å². The van der Waals surface area contributed by atoms with Crippen molar-refractivity contribution in [1.29, 1.82) is 0 Å². The Hall–Kier alpha value is -0.0431. The molecule has 2 rings (SSSR count). The molecule has 2 bridgehead atoms. The second-order valence-corrected chi connectivity index (χ2v) is 11.5. The van der Waals surface area contributed by atoms with Crippen LogP contribution in [0.15, 0.2) is 12.2 Å². The third kappa shape index (κ3) is 2.54. The second-order valence-electron chi connectivity index (χ2n) is 6.50. The summed E-state index contributed by atoms with van der Waals surface area (Å²) in [4.78, 5) is 0. The van der Waals surface area contributed by atoms with Crippen molar-refractivity contribution in [2.75, 3.05) is 0 Å². The van der Waals surface area contributed by atoms with E-state index >= 15 is 0 Å². The Bertz CT molecular complexity index is 252. The monoisotopic (exact) mass is 250 g/mol. The van der Waals surface area contributed by atoms with E-state index in [0.29, 0.717) is 0 Å². The Kier molecular flexibility index (Phi) is 4.51. The maximum absolute atomic E-state index is 2.58. The zero-order valence-electron chi connectivity index (χ0n) is 12.0. The van der Waals surface area contributed by atoms with Crippen LogP contribution >= 0.6 is 0 Å². The number of allylic oxidation sites excluding steroid dienone is 2. The fourth-order valence-electron chi connectivity index (χ4n) is 4.91. The number of fused-ring (bicyclic) bond motifs is 2. The normalized spacial score (nSPS) is 31.4. The lowest BCUT2D eigenvalue weighted by Gasteiger charge is -2.40. The molecular weight excluding hydrogens is 220 g/mol. The highest BCUT2D eigenvalue weighted by atomic mass is 28.3. The molecule has 3 atom stereocenters. The Balaban J connectivity index is 2.15. The van der Waals surface area contributed by atoms with Gasteiger partial charge in [0.25, 0.3) is 0 Å². The van der Waals surface area contributed by atoms with Crippen LogP contribution < -0.4 is 0 Å². The summed E-state index contributed by atoms with van der Waals surface area (Å²) in [6, 6.07) is 4.82. The Morgan fingerprint density at radius 1 is 0.882 bits per heavy atom. The average Bonchev–Trinajstić information content (AvgIpc) is 2.91. The third-order valence-corrected chi connectivity index (χ3v) is 12.0. The molecule has 0 heterocycles. The number of rotatable bonds is 7. The predicted octanol–water partition coefficient (Wildman–Crippen LogP) is 5.63. The van der Waals surface area contributed by atoms with Crippen LogP contribution in [0.4, 0.5) is 0 Å². The van der Waals surface area contributed by atoms with Gasteiger partial charge in [0.2, 0.25) is 0 Å². The highest BCUT2D eigenvalue weighted by Gasteiger charge is 2.48. The first-order chi connectivity index (χ1) is 8.25. The first-order valence-corrected chi connectivity index (χ1v) is 10.6. The second kappa shape index (κ2) is 5.73. The lowest BCUT2D eigenvalue weighted by atomic mass is 10.1. The van der Waals surface area contributed by atoms with Gasteiger partial charge in [0.05, 0.1) is 8.07 Å². The third-order valence-electron chi connectivity index (χ3n) is 5.31. The van der Waals surface area contributed by atoms with Gasteiger partial charge < -0.3 is 0 Å². The first kappa shape index (κ1) is 13.4. The predicted molar refractivity (Wildman–Crippen MR) is 80.2 cm³/mol. The van der Waals surface area contributed by atoms with Crippen molar-refractivity contribution in [3.8, 4) is 0 Å². The standard InChI is InChI=1S/C16H30Si/c1-4-9-17(10-5-2,11-6-3)16-13-14-7-8-15(16)12-14/h7-8,14-16H,4-6,9-13H2,1-3H3. The van der Waals surface area contributed by atoms with E-state index in [9.17, 15) is 0 Å². The molecule has 0 spiro atoms. The molecule has 0 aromatic carbocycles. The van der Waals surface area contributed by atoms with Crippen LogP contribution in [0.5, 0.6) is 0 Å². The van der Waals surface area contributed by atoms with Gasteiger partial charge in [0.15, 0.2) is 0 Å². The summed E-state index contributed by atoms with van der Waals surface area (Å²) >= 11 is 0. The molecule has 2 aliphatic carbocycles. The molecule has 1 heteroatoms. The van der Waals surface area contributed by atoms with Crippen molar-refractivity contribution in [3.63, 3.8) is 0 Å². The lowest BCUT2D eigenvalue weighted by molar-refractivity contribution is 0.647. The quantitative estimate of drug-likeness (QED) is 0.406. The summed E-state index contributed by atoms with van der Waals surface area (Å²) in [5, 5.41) is 0. The molecule has 0 nitrogen and oxygen atoms in total. The van der Waals surface area contributed by atoms with E-state index in [4.69, 9.17) is 0 Å². The molecule has 0 saturated heterocycles. The maximum Gasteiger partial charge on any atom is 0.0572 e. The zero-order valence-corrected chi connectivity index (χ0v) is 13.0. The Labute approximate surface area is 109 Å². The van der Waals surface area contributed by atoms with Crippen molar-refractivity contribution in [3.05, 3.63) is 12.2 Å². The summed E-state index contributed by atoms with van der Waals surface area (Å²) in [7, 11) is -0.967. The van der Waals surface area contributed by atoms with Crippen molar-refractivity contribution in [2.24, 2.45) is 11.8 Å². The SMILES string of the molecule is CCC[Si](CCC)(CCC)C1CC2C=CC1C2. The summed E-state index contributed by atoms with van der Waals surface area (Å²) in [5.41, 5.74) is 1.15. The highest BCUT2D eigenvalue weighted by molar-refractivity contribution is 6.81. The first-order valence-electron chi connectivity index (χ1n) is 7.94. The smallest absolute Gasteiger partial charge is 0.0572 e. The maximum atomic E-state index is 2.58. The fourth-order valence-corrected chi connectivity index (χ4v) is 11.7. The van der Waals surface area contributed by atoms with Crippen LogP contribution in [-0.2, 0) is 0 Å². The molecule has 98 valence electrons. The van der Waals surface area contributed by atoms with Gasteiger partial charge in [-0.15, -0.1) is 0 Å². The van der Waals surface area contributed by atoms with E-state index in [0.717, 1.165) is 17.4 Å². The van der Waals surface area contributed by atoms with E-state index in [1.54, 1.807) is 24.6 Å². The Morgan fingerprint density at radius 3 is 1.82 bits per heavy atom. The van der Waals surface area contributed by atoms with Gasteiger partial charge in [0, 0.05) is 0 Å². The van der Waals surface area contributed by atoms with E-state index in [1.165, 1.54) is 25.7 Å². The minimum atomic E-state index is -0.967. The summed E-state index contributed by atoms with van der Waals surface area (Å²) in [6.45, 7) is 7.24. The van der Waals surface area contributed by atoms with Gasteiger partial charge in [-0.2, -0.15) is 0 Å². The summed E-state index contributed by atoms with van der Waals surface area (Å²) < 4.78 is 0. The molecule has 0 aromatic heterocycles. The minimum absolute atomic E-state index is 0.967. The minimum Gasteiger partial charge on any atom is -0.0851 e. The summed E-state index contributed by atoms with van der Waals surface area (Å²) in [6.07, 6.45) is 12.5. The number of hydrogen-bond donors (Lipinski definition) is 0. The van der Waals surface area contributed by atoms with Crippen LogP contribution in [0, 0.1) is 11.8 Å². The topological polar surface area (TPSA) is 0 Å². The molecule has 3 unspecified atom stereocenters. The van der Waals surface area contributed by atoms with Gasteiger partial charge >= 0.3 is 0 Å². The largest absolute Gasteiger partial charge is 0.0851 e. The molecule has 0 radical (unpaired) electrons. The van der Waals surface area contributed by atoms with Crippen LogP contribution in [-0.4, -0.2) is 8.07 Å². The molecule has 1 fully saturated rings. The van der Waals surface area contributed by atoms with E-state index in [-0.39, 0.29) is 0 Å². The van der Waals surface area contributed by atoms with Crippen LogP contribution in [0.3, 0.4) is 0 Å². The molecule has 0 aliphatic heterocycles. The Morgan fingerprint density at radius 2 is 1.47 bits per heavy atom. The molecule has 2 aliphatic rings. The van der Waals surface area contributed by atoms with Gasteiger partial charge in [0.1, 0.15) is 0 Å².